The molecule has 0 aliphatic rings. The van der Waals surface area contributed by atoms with E-state index in [0.717, 1.165) is 55.0 Å². The molecule has 9 rings (SSSR count). The molecule has 0 unspecified atom stereocenters. The first kappa shape index (κ1) is 22.4. The minimum Gasteiger partial charge on any atom is -0.455 e. The summed E-state index contributed by atoms with van der Waals surface area (Å²) in [5.74, 6) is 0. The van der Waals surface area contributed by atoms with E-state index in [1.807, 2.05) is 89.8 Å². The van der Waals surface area contributed by atoms with Crippen molar-refractivity contribution in [3.05, 3.63) is 176 Å². The van der Waals surface area contributed by atoms with Gasteiger partial charge < -0.3 is 9.32 Å². The number of hydrogen-bond donors (Lipinski definition) is 0. The van der Waals surface area contributed by atoms with E-state index in [0.29, 0.717) is 22.4 Å². The van der Waals surface area contributed by atoms with Crippen molar-refractivity contribution in [1.82, 2.24) is 0 Å². The van der Waals surface area contributed by atoms with Gasteiger partial charge in [-0.25, -0.2) is 0 Å². The Morgan fingerprint density at radius 1 is 0.478 bits per heavy atom. The summed E-state index contributed by atoms with van der Waals surface area (Å²) in [5, 5.41) is 6.20. The van der Waals surface area contributed by atoms with Crippen molar-refractivity contribution in [1.29, 1.82) is 0 Å². The van der Waals surface area contributed by atoms with Crippen LogP contribution in [0.5, 0.6) is 0 Å². The third-order valence-corrected chi connectivity index (χ3v) is 8.77. The Morgan fingerprint density at radius 2 is 1.20 bits per heavy atom. The first-order valence-electron chi connectivity index (χ1n) is 17.4. The Bertz CT molecular complexity index is 2750. The number of fused-ring (bicyclic) bond motifs is 6. The van der Waals surface area contributed by atoms with Gasteiger partial charge in [0.15, 0.2) is 0 Å². The van der Waals surface area contributed by atoms with E-state index >= 15 is 0 Å². The number of hydrogen-bond acceptors (Lipinski definition) is 2. The van der Waals surface area contributed by atoms with Gasteiger partial charge in [0.2, 0.25) is 0 Å². The predicted octanol–water partition coefficient (Wildman–Crippen LogP) is 12.7. The minimum atomic E-state index is -0.294. The highest BCUT2D eigenvalue weighted by molar-refractivity contribution is 6.19. The Hall–Kier alpha value is -6.12. The van der Waals surface area contributed by atoms with E-state index in [2.05, 4.69) is 66.7 Å². The first-order chi connectivity index (χ1) is 24.5. The molecule has 2 nitrogen and oxygen atoms in total. The SMILES string of the molecule is [2H]c1c([2H])c([2H])c(N(c2ccc(-c3ccc4ccccc4c3)cc2)c2cccc3oc4c5ccccc5ccc4c23)c(-c2ccccc2)c1[2H]. The van der Waals surface area contributed by atoms with Crippen molar-refractivity contribution in [2.24, 2.45) is 0 Å². The molecular weight excluding hydrogens is 558 g/mol. The van der Waals surface area contributed by atoms with Crippen LogP contribution in [0.1, 0.15) is 5.48 Å². The highest BCUT2D eigenvalue weighted by atomic mass is 16.3. The van der Waals surface area contributed by atoms with Gasteiger partial charge in [-0.05, 0) is 75.3 Å². The van der Waals surface area contributed by atoms with Gasteiger partial charge in [0, 0.05) is 22.0 Å². The average Bonchev–Trinajstić information content (AvgIpc) is 3.57. The topological polar surface area (TPSA) is 16.4 Å². The molecule has 216 valence electrons. The quantitative estimate of drug-likeness (QED) is 0.198. The highest BCUT2D eigenvalue weighted by Crippen LogP contribution is 2.46. The first-order valence-corrected chi connectivity index (χ1v) is 15.4. The molecule has 46 heavy (non-hydrogen) atoms. The summed E-state index contributed by atoms with van der Waals surface area (Å²) < 4.78 is 42.6. The largest absolute Gasteiger partial charge is 0.455 e. The lowest BCUT2D eigenvalue weighted by Gasteiger charge is -2.28. The molecule has 0 aliphatic carbocycles. The second-order valence-corrected chi connectivity index (χ2v) is 11.4. The highest BCUT2D eigenvalue weighted by Gasteiger charge is 2.22. The molecule has 0 N–H and O–H groups in total. The predicted molar refractivity (Wildman–Crippen MR) is 194 cm³/mol. The van der Waals surface area contributed by atoms with E-state index in [1.54, 1.807) is 0 Å². The number of benzene rings is 8. The standard InChI is InChI=1S/C44H29NO/c1-2-12-32(13-3-1)37-16-8-9-18-40(37)45(36-26-23-31(24-27-36)35-22-21-30-11-4-5-15-34(30)29-35)41-19-10-20-42-43(41)39-28-25-33-14-6-7-17-38(33)44(39)46-42/h1-29H/i8D,9D,16D,18D. The van der Waals surface area contributed by atoms with Gasteiger partial charge in [0.25, 0.3) is 0 Å². The maximum atomic E-state index is 9.39. The van der Waals surface area contributed by atoms with Crippen LogP contribution in [-0.4, -0.2) is 0 Å². The summed E-state index contributed by atoms with van der Waals surface area (Å²) in [6, 6.07) is 49.8. The van der Waals surface area contributed by atoms with Crippen molar-refractivity contribution in [2.75, 3.05) is 4.90 Å². The number of para-hydroxylation sites is 1. The Balaban J connectivity index is 1.34. The van der Waals surface area contributed by atoms with Gasteiger partial charge in [-0.2, -0.15) is 0 Å². The number of nitrogens with zero attached hydrogens (tertiary/aromatic N) is 1. The van der Waals surface area contributed by atoms with Crippen molar-refractivity contribution >= 4 is 60.5 Å². The summed E-state index contributed by atoms with van der Waals surface area (Å²) in [7, 11) is 0. The molecule has 0 amide bonds. The van der Waals surface area contributed by atoms with E-state index in [9.17, 15) is 1.37 Å². The van der Waals surface area contributed by atoms with Crippen LogP contribution in [-0.2, 0) is 0 Å². The lowest BCUT2D eigenvalue weighted by molar-refractivity contribution is 0.672. The zero-order valence-corrected chi connectivity index (χ0v) is 24.8. The number of furan rings is 1. The molecular formula is C44H29NO. The number of rotatable bonds is 5. The molecule has 0 saturated heterocycles. The Labute approximate surface area is 273 Å². The fourth-order valence-corrected chi connectivity index (χ4v) is 6.57. The summed E-state index contributed by atoms with van der Waals surface area (Å²) in [6.07, 6.45) is 0. The van der Waals surface area contributed by atoms with Gasteiger partial charge in [0.1, 0.15) is 11.2 Å². The van der Waals surface area contributed by atoms with Crippen molar-refractivity contribution in [2.45, 2.75) is 0 Å². The number of anilines is 3. The maximum absolute atomic E-state index is 9.39. The van der Waals surface area contributed by atoms with E-state index < -0.39 is 0 Å². The van der Waals surface area contributed by atoms with Crippen molar-refractivity contribution in [3.63, 3.8) is 0 Å². The van der Waals surface area contributed by atoms with Crippen LogP contribution < -0.4 is 4.90 Å². The smallest absolute Gasteiger partial charge is 0.143 e. The van der Waals surface area contributed by atoms with Gasteiger partial charge in [-0.3, -0.25) is 0 Å². The molecule has 1 heterocycles. The van der Waals surface area contributed by atoms with E-state index in [4.69, 9.17) is 8.53 Å². The molecule has 0 aliphatic heterocycles. The molecule has 1 aromatic heterocycles. The third kappa shape index (κ3) is 4.35. The molecule has 0 spiro atoms. The van der Waals surface area contributed by atoms with Crippen LogP contribution in [0.25, 0.3) is 65.7 Å². The second-order valence-electron chi connectivity index (χ2n) is 11.4. The molecule has 0 bridgehead atoms. The fourth-order valence-electron chi connectivity index (χ4n) is 6.57. The molecule has 0 fully saturated rings. The molecule has 2 heteroatoms. The van der Waals surface area contributed by atoms with Gasteiger partial charge in [-0.1, -0.05) is 133 Å². The van der Waals surface area contributed by atoms with Gasteiger partial charge in [-0.15, -0.1) is 0 Å². The fraction of sp³-hybridized carbons (Fsp3) is 0. The Kier molecular flexibility index (Phi) is 5.26. The maximum Gasteiger partial charge on any atom is 0.143 e. The lowest BCUT2D eigenvalue weighted by Crippen LogP contribution is -2.11. The van der Waals surface area contributed by atoms with E-state index in [-0.39, 0.29) is 24.2 Å². The van der Waals surface area contributed by atoms with Crippen LogP contribution >= 0.6 is 0 Å². The van der Waals surface area contributed by atoms with Crippen molar-refractivity contribution < 1.29 is 9.90 Å². The summed E-state index contributed by atoms with van der Waals surface area (Å²) >= 11 is 0. The molecule has 0 radical (unpaired) electrons. The van der Waals surface area contributed by atoms with Crippen LogP contribution in [0.2, 0.25) is 0 Å². The van der Waals surface area contributed by atoms with Gasteiger partial charge in [0.05, 0.1) is 22.2 Å². The molecule has 9 aromatic rings. The zero-order valence-electron chi connectivity index (χ0n) is 28.8. The molecule has 8 aromatic carbocycles. The molecule has 0 atom stereocenters. The normalized spacial score (nSPS) is 12.7. The lowest BCUT2D eigenvalue weighted by atomic mass is 9.99. The second kappa shape index (κ2) is 10.8. The summed E-state index contributed by atoms with van der Waals surface area (Å²) in [6.45, 7) is 0. The van der Waals surface area contributed by atoms with Crippen LogP contribution in [0, 0.1) is 0 Å². The zero-order chi connectivity index (χ0) is 33.9. The third-order valence-electron chi connectivity index (χ3n) is 8.77. The summed E-state index contributed by atoms with van der Waals surface area (Å²) in [5.41, 5.74) is 6.57. The van der Waals surface area contributed by atoms with Crippen LogP contribution in [0.4, 0.5) is 17.1 Å². The summed E-state index contributed by atoms with van der Waals surface area (Å²) in [4.78, 5) is 1.97. The minimum absolute atomic E-state index is 0.0970. The molecule has 0 saturated carbocycles. The van der Waals surface area contributed by atoms with Crippen molar-refractivity contribution in [3.8, 4) is 22.3 Å². The van der Waals surface area contributed by atoms with Crippen LogP contribution in [0.15, 0.2) is 180 Å². The Morgan fingerprint density at radius 3 is 2.07 bits per heavy atom. The van der Waals surface area contributed by atoms with E-state index in [1.165, 1.54) is 5.39 Å². The van der Waals surface area contributed by atoms with Gasteiger partial charge >= 0.3 is 0 Å². The average molecular weight is 592 g/mol. The monoisotopic (exact) mass is 591 g/mol. The van der Waals surface area contributed by atoms with Crippen LogP contribution in [0.3, 0.4) is 0 Å².